The lowest BCUT2D eigenvalue weighted by Gasteiger charge is -2.12. The number of methoxy groups -OCH3 is 1. The predicted molar refractivity (Wildman–Crippen MR) is 88.3 cm³/mol. The number of unbranched alkanes of at least 4 members (excludes halogenated alkanes) is 1. The van der Waals surface area contributed by atoms with E-state index in [1.165, 1.54) is 6.42 Å². The molecule has 0 aliphatic rings. The lowest BCUT2D eigenvalue weighted by molar-refractivity contribution is 0.387. The molecular formula is C16H24ClN3O. The molecule has 0 aliphatic carbocycles. The molecule has 4 nitrogen and oxygen atoms in total. The minimum Gasteiger partial charge on any atom is -0.497 e. The van der Waals surface area contributed by atoms with Crippen LogP contribution in [0.4, 0.5) is 0 Å². The van der Waals surface area contributed by atoms with E-state index in [4.69, 9.17) is 16.3 Å². The van der Waals surface area contributed by atoms with Crippen LogP contribution in [0.5, 0.6) is 5.75 Å². The molecule has 0 aliphatic heterocycles. The number of alkyl halides is 1. The minimum absolute atomic E-state index is 0.0998. The highest BCUT2D eigenvalue weighted by Gasteiger charge is 2.15. The van der Waals surface area contributed by atoms with Crippen LogP contribution in [0, 0.1) is 0 Å². The molecule has 0 amide bonds. The first-order valence-electron chi connectivity index (χ1n) is 7.36. The van der Waals surface area contributed by atoms with Gasteiger partial charge in [-0.2, -0.15) is 0 Å². The fourth-order valence-electron chi connectivity index (χ4n) is 2.49. The van der Waals surface area contributed by atoms with Crippen molar-refractivity contribution < 1.29 is 4.74 Å². The van der Waals surface area contributed by atoms with E-state index >= 15 is 0 Å². The molecule has 0 radical (unpaired) electrons. The minimum atomic E-state index is -0.0998. The van der Waals surface area contributed by atoms with E-state index < -0.39 is 0 Å². The van der Waals surface area contributed by atoms with Crippen LogP contribution >= 0.6 is 11.6 Å². The second-order valence-corrected chi connectivity index (χ2v) is 6.26. The van der Waals surface area contributed by atoms with Crippen molar-refractivity contribution in [2.24, 2.45) is 0 Å². The Morgan fingerprint density at radius 3 is 2.71 bits per heavy atom. The molecule has 0 saturated carbocycles. The van der Waals surface area contributed by atoms with Crippen molar-refractivity contribution in [3.63, 3.8) is 0 Å². The zero-order valence-corrected chi connectivity index (χ0v) is 14.0. The van der Waals surface area contributed by atoms with Crippen molar-refractivity contribution in [1.29, 1.82) is 0 Å². The van der Waals surface area contributed by atoms with Crippen LogP contribution in [0.15, 0.2) is 18.2 Å². The number of imidazole rings is 1. The highest BCUT2D eigenvalue weighted by molar-refractivity contribution is 6.20. The lowest BCUT2D eigenvalue weighted by Crippen LogP contribution is -2.14. The molecule has 116 valence electrons. The SMILES string of the molecule is COc1ccc2c(c1)nc(C(C)Cl)n2CCCCN(C)C. The number of halogens is 1. The molecule has 0 bridgehead atoms. The van der Waals surface area contributed by atoms with Crippen molar-refractivity contribution in [2.75, 3.05) is 27.7 Å². The summed E-state index contributed by atoms with van der Waals surface area (Å²) in [4.78, 5) is 6.89. The number of ether oxygens (including phenoxy) is 1. The van der Waals surface area contributed by atoms with Crippen molar-refractivity contribution >= 4 is 22.6 Å². The van der Waals surface area contributed by atoms with Gasteiger partial charge in [-0.1, -0.05) is 0 Å². The Morgan fingerprint density at radius 2 is 2.10 bits per heavy atom. The van der Waals surface area contributed by atoms with E-state index in [9.17, 15) is 0 Å². The molecular weight excluding hydrogens is 286 g/mol. The van der Waals surface area contributed by atoms with E-state index in [1.807, 2.05) is 19.1 Å². The Hall–Kier alpha value is -1.26. The van der Waals surface area contributed by atoms with E-state index in [-0.39, 0.29) is 5.38 Å². The van der Waals surface area contributed by atoms with Gasteiger partial charge in [0.05, 0.1) is 23.5 Å². The third-order valence-electron chi connectivity index (χ3n) is 3.58. The summed E-state index contributed by atoms with van der Waals surface area (Å²) in [6, 6.07) is 6.01. The van der Waals surface area contributed by atoms with Crippen LogP contribution in [-0.4, -0.2) is 42.2 Å². The molecule has 0 N–H and O–H groups in total. The smallest absolute Gasteiger partial charge is 0.127 e. The number of benzene rings is 1. The van der Waals surface area contributed by atoms with E-state index in [2.05, 4.69) is 34.6 Å². The largest absolute Gasteiger partial charge is 0.497 e. The number of aryl methyl sites for hydroxylation is 1. The second-order valence-electron chi connectivity index (χ2n) is 5.60. The number of rotatable bonds is 7. The maximum Gasteiger partial charge on any atom is 0.127 e. The topological polar surface area (TPSA) is 30.3 Å². The molecule has 1 unspecified atom stereocenters. The first-order chi connectivity index (χ1) is 10.0. The molecule has 0 saturated heterocycles. The summed E-state index contributed by atoms with van der Waals surface area (Å²) in [5, 5.41) is -0.0998. The molecule has 1 aromatic heterocycles. The van der Waals surface area contributed by atoms with Gasteiger partial charge in [-0.15, -0.1) is 11.6 Å². The fraction of sp³-hybridized carbons (Fsp3) is 0.562. The predicted octanol–water partition coefficient (Wildman–Crippen LogP) is 3.69. The quantitative estimate of drug-likeness (QED) is 0.577. The van der Waals surface area contributed by atoms with Crippen molar-refractivity contribution in [2.45, 2.75) is 31.7 Å². The van der Waals surface area contributed by atoms with Gasteiger partial charge in [-0.05, 0) is 52.5 Å². The Labute approximate surface area is 131 Å². The van der Waals surface area contributed by atoms with Crippen LogP contribution in [0.1, 0.15) is 31.0 Å². The maximum absolute atomic E-state index is 6.29. The van der Waals surface area contributed by atoms with Gasteiger partial charge in [-0.25, -0.2) is 4.98 Å². The molecule has 1 aromatic carbocycles. The zero-order valence-electron chi connectivity index (χ0n) is 13.3. The molecule has 1 atom stereocenters. The van der Waals surface area contributed by atoms with Gasteiger partial charge in [-0.3, -0.25) is 0 Å². The maximum atomic E-state index is 6.29. The number of hydrogen-bond donors (Lipinski definition) is 0. The molecule has 5 heteroatoms. The van der Waals surface area contributed by atoms with Gasteiger partial charge in [0.15, 0.2) is 0 Å². The highest BCUT2D eigenvalue weighted by atomic mass is 35.5. The van der Waals surface area contributed by atoms with Gasteiger partial charge < -0.3 is 14.2 Å². The van der Waals surface area contributed by atoms with Crippen LogP contribution < -0.4 is 4.74 Å². The number of nitrogens with zero attached hydrogens (tertiary/aromatic N) is 3. The van der Waals surface area contributed by atoms with E-state index in [0.717, 1.165) is 42.1 Å². The van der Waals surface area contributed by atoms with Crippen molar-refractivity contribution in [3.8, 4) is 5.75 Å². The number of hydrogen-bond acceptors (Lipinski definition) is 3. The zero-order chi connectivity index (χ0) is 15.4. The van der Waals surface area contributed by atoms with E-state index in [0.29, 0.717) is 0 Å². The van der Waals surface area contributed by atoms with Gasteiger partial charge in [0, 0.05) is 12.6 Å². The summed E-state index contributed by atoms with van der Waals surface area (Å²) < 4.78 is 7.51. The van der Waals surface area contributed by atoms with Crippen LogP contribution in [-0.2, 0) is 6.54 Å². The molecule has 2 rings (SSSR count). The Kier molecular flexibility index (Phi) is 5.48. The van der Waals surface area contributed by atoms with Crippen molar-refractivity contribution in [3.05, 3.63) is 24.0 Å². The van der Waals surface area contributed by atoms with Gasteiger partial charge in [0.2, 0.25) is 0 Å². The fourth-order valence-corrected chi connectivity index (χ4v) is 2.66. The van der Waals surface area contributed by atoms with Crippen molar-refractivity contribution in [1.82, 2.24) is 14.5 Å². The molecule has 2 aromatic rings. The summed E-state index contributed by atoms with van der Waals surface area (Å²) >= 11 is 6.29. The first-order valence-corrected chi connectivity index (χ1v) is 7.79. The van der Waals surface area contributed by atoms with Gasteiger partial charge in [0.1, 0.15) is 11.6 Å². The monoisotopic (exact) mass is 309 g/mol. The summed E-state index contributed by atoms with van der Waals surface area (Å²) in [6.07, 6.45) is 2.28. The van der Waals surface area contributed by atoms with Crippen LogP contribution in [0.3, 0.4) is 0 Å². The Balaban J connectivity index is 2.24. The average molecular weight is 310 g/mol. The molecule has 1 heterocycles. The average Bonchev–Trinajstić information content (AvgIpc) is 2.81. The Bertz CT molecular complexity index is 592. The second kappa shape index (κ2) is 7.14. The van der Waals surface area contributed by atoms with Crippen LogP contribution in [0.25, 0.3) is 11.0 Å². The third-order valence-corrected chi connectivity index (χ3v) is 3.77. The summed E-state index contributed by atoms with van der Waals surface area (Å²) in [5.41, 5.74) is 2.08. The highest BCUT2D eigenvalue weighted by Crippen LogP contribution is 2.27. The standard InChI is InChI=1S/C16H24ClN3O/c1-12(17)16-18-14-11-13(21-4)7-8-15(14)20(16)10-6-5-9-19(2)3/h7-8,11-12H,5-6,9-10H2,1-4H3. The molecule has 0 spiro atoms. The molecule has 21 heavy (non-hydrogen) atoms. The summed E-state index contributed by atoms with van der Waals surface area (Å²) in [6.45, 7) is 4.02. The normalized spacial score (nSPS) is 13.0. The third kappa shape index (κ3) is 3.89. The van der Waals surface area contributed by atoms with Gasteiger partial charge >= 0.3 is 0 Å². The van der Waals surface area contributed by atoms with Gasteiger partial charge in [0.25, 0.3) is 0 Å². The number of aromatic nitrogens is 2. The first kappa shape index (κ1) is 16.1. The van der Waals surface area contributed by atoms with Crippen LogP contribution in [0.2, 0.25) is 0 Å². The van der Waals surface area contributed by atoms with E-state index in [1.54, 1.807) is 7.11 Å². The summed E-state index contributed by atoms with van der Waals surface area (Å²) in [5.74, 6) is 1.76. The summed E-state index contributed by atoms with van der Waals surface area (Å²) in [7, 11) is 5.88. The lowest BCUT2D eigenvalue weighted by atomic mass is 10.2. The Morgan fingerprint density at radius 1 is 1.33 bits per heavy atom. The molecule has 0 fully saturated rings. The number of fused-ring (bicyclic) bond motifs is 1.